The molecule has 2 aromatic carbocycles. The van der Waals surface area contributed by atoms with Crippen molar-refractivity contribution in [3.8, 4) is 11.5 Å². The number of carbonyl (C=O) groups excluding carboxylic acids is 2. The van der Waals surface area contributed by atoms with Gasteiger partial charge in [-0.1, -0.05) is 0 Å². The van der Waals surface area contributed by atoms with Crippen LogP contribution in [0.15, 0.2) is 48.0 Å². The number of aliphatic hydroxyl groups excluding tert-OH is 1. The Morgan fingerprint density at radius 2 is 1.91 bits per heavy atom. The summed E-state index contributed by atoms with van der Waals surface area (Å²) in [5.74, 6) is -1.45. The van der Waals surface area contributed by atoms with Gasteiger partial charge in [0, 0.05) is 30.3 Å². The SMILES string of the molecule is COc1ccc([C@H]2C(=C(O)c3ccc(F)cc3)C(=O)C(=O)N2C[C@H]2CCCO2)c(OC)c1. The highest BCUT2D eigenvalue weighted by atomic mass is 19.1. The molecule has 2 heterocycles. The fraction of sp³-hybridized carbons (Fsp3) is 0.333. The summed E-state index contributed by atoms with van der Waals surface area (Å²) in [6.45, 7) is 0.797. The number of Topliss-reactive ketones (excluding diaryl/α,β-unsaturated/α-hetero) is 1. The second-order valence-electron chi connectivity index (χ2n) is 7.70. The van der Waals surface area contributed by atoms with Crippen molar-refractivity contribution in [2.45, 2.75) is 25.0 Å². The van der Waals surface area contributed by atoms with Gasteiger partial charge in [-0.15, -0.1) is 0 Å². The van der Waals surface area contributed by atoms with E-state index in [-0.39, 0.29) is 29.5 Å². The largest absolute Gasteiger partial charge is 0.507 e. The van der Waals surface area contributed by atoms with Crippen LogP contribution in [0.5, 0.6) is 11.5 Å². The average Bonchev–Trinajstić information content (AvgIpc) is 3.41. The number of halogens is 1. The van der Waals surface area contributed by atoms with Gasteiger partial charge in [-0.05, 0) is 49.2 Å². The van der Waals surface area contributed by atoms with Crippen LogP contribution < -0.4 is 9.47 Å². The zero-order chi connectivity index (χ0) is 22.8. The Kier molecular flexibility index (Phi) is 6.14. The van der Waals surface area contributed by atoms with Crippen LogP contribution in [0.3, 0.4) is 0 Å². The van der Waals surface area contributed by atoms with Crippen molar-refractivity contribution in [1.82, 2.24) is 4.90 Å². The van der Waals surface area contributed by atoms with Gasteiger partial charge in [-0.25, -0.2) is 4.39 Å². The lowest BCUT2D eigenvalue weighted by Gasteiger charge is -2.28. The van der Waals surface area contributed by atoms with E-state index in [0.29, 0.717) is 23.7 Å². The minimum atomic E-state index is -0.898. The minimum absolute atomic E-state index is 0.0805. The highest BCUT2D eigenvalue weighted by Crippen LogP contribution is 2.44. The molecule has 2 fully saturated rings. The number of amides is 1. The molecule has 2 atom stereocenters. The van der Waals surface area contributed by atoms with Gasteiger partial charge < -0.3 is 24.2 Å². The van der Waals surface area contributed by atoms with Crippen molar-refractivity contribution in [2.75, 3.05) is 27.4 Å². The van der Waals surface area contributed by atoms with Gasteiger partial charge in [0.25, 0.3) is 11.7 Å². The number of ether oxygens (including phenoxy) is 3. The summed E-state index contributed by atoms with van der Waals surface area (Å²) in [6, 6.07) is 9.24. The molecule has 0 saturated carbocycles. The van der Waals surface area contributed by atoms with Crippen LogP contribution in [0.4, 0.5) is 4.39 Å². The fourth-order valence-electron chi connectivity index (χ4n) is 4.21. The molecule has 0 aliphatic carbocycles. The van der Waals surface area contributed by atoms with Crippen molar-refractivity contribution < 1.29 is 33.3 Å². The quantitative estimate of drug-likeness (QED) is 0.420. The van der Waals surface area contributed by atoms with Gasteiger partial charge in [0.05, 0.1) is 31.9 Å². The number of aliphatic hydroxyl groups is 1. The Labute approximate surface area is 185 Å². The first-order valence-corrected chi connectivity index (χ1v) is 10.3. The second kappa shape index (κ2) is 9.00. The molecule has 0 spiro atoms. The van der Waals surface area contributed by atoms with Crippen molar-refractivity contribution in [1.29, 1.82) is 0 Å². The van der Waals surface area contributed by atoms with E-state index in [1.807, 2.05) is 0 Å². The molecule has 0 bridgehead atoms. The Bertz CT molecular complexity index is 1060. The normalized spacial score (nSPS) is 22.4. The lowest BCUT2D eigenvalue weighted by Crippen LogP contribution is -2.36. The zero-order valence-corrected chi connectivity index (χ0v) is 17.8. The third-order valence-corrected chi connectivity index (χ3v) is 5.82. The molecule has 8 heteroatoms. The molecule has 7 nitrogen and oxygen atoms in total. The van der Waals surface area contributed by atoms with Gasteiger partial charge in [-0.2, -0.15) is 0 Å². The first-order chi connectivity index (χ1) is 15.4. The maximum absolute atomic E-state index is 13.4. The first kappa shape index (κ1) is 21.8. The average molecular weight is 441 g/mol. The number of methoxy groups -OCH3 is 2. The Morgan fingerprint density at radius 3 is 2.53 bits per heavy atom. The number of hydrogen-bond donors (Lipinski definition) is 1. The molecule has 2 aliphatic heterocycles. The molecule has 0 unspecified atom stereocenters. The van der Waals surface area contributed by atoms with Crippen LogP contribution in [0.25, 0.3) is 5.76 Å². The maximum atomic E-state index is 13.4. The van der Waals surface area contributed by atoms with E-state index >= 15 is 0 Å². The van der Waals surface area contributed by atoms with Gasteiger partial charge in [0.2, 0.25) is 0 Å². The smallest absolute Gasteiger partial charge is 0.295 e. The van der Waals surface area contributed by atoms with Crippen molar-refractivity contribution in [3.05, 3.63) is 65.0 Å². The molecule has 32 heavy (non-hydrogen) atoms. The number of nitrogens with zero attached hydrogens (tertiary/aromatic N) is 1. The number of hydrogen-bond acceptors (Lipinski definition) is 6. The number of carbonyl (C=O) groups is 2. The van der Waals surface area contributed by atoms with Crippen LogP contribution in [-0.2, 0) is 14.3 Å². The van der Waals surface area contributed by atoms with E-state index in [4.69, 9.17) is 14.2 Å². The molecule has 4 rings (SSSR count). The molecular weight excluding hydrogens is 417 g/mol. The number of likely N-dealkylation sites (tertiary alicyclic amines) is 1. The van der Waals surface area contributed by atoms with Gasteiger partial charge in [0.1, 0.15) is 23.1 Å². The van der Waals surface area contributed by atoms with Gasteiger partial charge in [0.15, 0.2) is 0 Å². The van der Waals surface area contributed by atoms with E-state index in [9.17, 15) is 19.1 Å². The van der Waals surface area contributed by atoms with Gasteiger partial charge in [-0.3, -0.25) is 9.59 Å². The third kappa shape index (κ3) is 3.93. The van der Waals surface area contributed by atoms with Crippen molar-refractivity contribution in [2.24, 2.45) is 0 Å². The topological polar surface area (TPSA) is 85.3 Å². The van der Waals surface area contributed by atoms with Crippen LogP contribution in [0.1, 0.15) is 30.0 Å². The zero-order valence-electron chi connectivity index (χ0n) is 17.8. The van der Waals surface area contributed by atoms with E-state index in [2.05, 4.69) is 0 Å². The number of benzene rings is 2. The van der Waals surface area contributed by atoms with Crippen LogP contribution in [-0.4, -0.2) is 55.2 Å². The summed E-state index contributed by atoms with van der Waals surface area (Å²) in [5.41, 5.74) is 0.677. The van der Waals surface area contributed by atoms with Crippen molar-refractivity contribution >= 4 is 17.4 Å². The monoisotopic (exact) mass is 441 g/mol. The Hall–Kier alpha value is -3.39. The van der Waals surface area contributed by atoms with Crippen LogP contribution in [0, 0.1) is 5.82 Å². The summed E-state index contributed by atoms with van der Waals surface area (Å²) < 4.78 is 29.9. The van der Waals surface area contributed by atoms with Crippen LogP contribution >= 0.6 is 0 Å². The lowest BCUT2D eigenvalue weighted by atomic mass is 9.94. The first-order valence-electron chi connectivity index (χ1n) is 10.3. The molecule has 2 aromatic rings. The van der Waals surface area contributed by atoms with Gasteiger partial charge >= 0.3 is 0 Å². The summed E-state index contributed by atoms with van der Waals surface area (Å²) >= 11 is 0. The predicted molar refractivity (Wildman–Crippen MR) is 114 cm³/mol. The molecule has 0 aromatic heterocycles. The predicted octanol–water partition coefficient (Wildman–Crippen LogP) is 3.44. The third-order valence-electron chi connectivity index (χ3n) is 5.82. The highest BCUT2D eigenvalue weighted by Gasteiger charge is 2.48. The van der Waals surface area contributed by atoms with E-state index in [0.717, 1.165) is 12.8 Å². The molecule has 2 saturated heterocycles. The molecular formula is C24H24FNO6. The van der Waals surface area contributed by atoms with Crippen LogP contribution in [0.2, 0.25) is 0 Å². The lowest BCUT2D eigenvalue weighted by molar-refractivity contribution is -0.140. The fourth-order valence-corrected chi connectivity index (χ4v) is 4.21. The minimum Gasteiger partial charge on any atom is -0.507 e. The standard InChI is InChI=1S/C24H24FNO6/c1-30-16-9-10-18(19(12-16)31-2)21-20(22(27)14-5-7-15(25)8-6-14)23(28)24(29)26(21)13-17-4-3-11-32-17/h5-10,12,17,21,27H,3-4,11,13H2,1-2H3/t17-,21+/m1/s1. The molecule has 0 radical (unpaired) electrons. The molecule has 1 amide bonds. The highest BCUT2D eigenvalue weighted by molar-refractivity contribution is 6.46. The summed E-state index contributed by atoms with van der Waals surface area (Å²) in [5, 5.41) is 11.0. The van der Waals surface area contributed by atoms with E-state index in [1.165, 1.54) is 43.4 Å². The molecule has 2 aliphatic rings. The molecule has 168 valence electrons. The summed E-state index contributed by atoms with van der Waals surface area (Å²) in [6.07, 6.45) is 1.44. The van der Waals surface area contributed by atoms with E-state index in [1.54, 1.807) is 18.2 Å². The summed E-state index contributed by atoms with van der Waals surface area (Å²) in [4.78, 5) is 27.6. The summed E-state index contributed by atoms with van der Waals surface area (Å²) in [7, 11) is 3.00. The number of ketones is 1. The maximum Gasteiger partial charge on any atom is 0.295 e. The molecule has 1 N–H and O–H groups in total. The Balaban J connectivity index is 1.87. The second-order valence-corrected chi connectivity index (χ2v) is 7.70. The van der Waals surface area contributed by atoms with E-state index < -0.39 is 23.5 Å². The Morgan fingerprint density at radius 1 is 1.16 bits per heavy atom. The van der Waals surface area contributed by atoms with Crippen molar-refractivity contribution in [3.63, 3.8) is 0 Å². The number of rotatable bonds is 6.